The molecule has 2 atom stereocenters. The number of benzene rings is 4. The summed E-state index contributed by atoms with van der Waals surface area (Å²) in [7, 11) is -4.26. The number of amides is 2. The quantitative estimate of drug-likeness (QED) is 0.170. The molecule has 4 aromatic carbocycles. The van der Waals surface area contributed by atoms with E-state index in [0.717, 1.165) is 21.0 Å². The van der Waals surface area contributed by atoms with Crippen molar-refractivity contribution >= 4 is 39.1 Å². The molecule has 0 fully saturated rings. The number of anilines is 1. The molecule has 0 aliphatic rings. The first-order valence-corrected chi connectivity index (χ1v) is 16.9. The lowest BCUT2D eigenvalue weighted by Crippen LogP contribution is -2.54. The fourth-order valence-corrected chi connectivity index (χ4v) is 6.47. The van der Waals surface area contributed by atoms with Gasteiger partial charge in [-0.15, -0.1) is 0 Å². The summed E-state index contributed by atoms with van der Waals surface area (Å²) in [5.74, 6) is -1.43. The van der Waals surface area contributed by atoms with Gasteiger partial charge < -0.3 is 10.2 Å². The Morgan fingerprint density at radius 2 is 1.54 bits per heavy atom. The van der Waals surface area contributed by atoms with Crippen LogP contribution < -0.4 is 9.62 Å². The van der Waals surface area contributed by atoms with Gasteiger partial charge in [0.15, 0.2) is 0 Å². The Kier molecular flexibility index (Phi) is 11.6. The van der Waals surface area contributed by atoms with Crippen LogP contribution in [0.5, 0.6) is 0 Å². The van der Waals surface area contributed by atoms with Gasteiger partial charge in [-0.3, -0.25) is 13.9 Å². The maximum absolute atomic E-state index is 14.5. The Labute approximate surface area is 276 Å². The lowest BCUT2D eigenvalue weighted by Gasteiger charge is -2.34. The van der Waals surface area contributed by atoms with Crippen molar-refractivity contribution in [3.8, 4) is 0 Å². The van der Waals surface area contributed by atoms with E-state index in [1.807, 2.05) is 51.1 Å². The second kappa shape index (κ2) is 15.4. The molecule has 0 saturated heterocycles. The molecule has 0 aromatic heterocycles. The summed E-state index contributed by atoms with van der Waals surface area (Å²) >= 11 is 6.44. The average molecular weight is 664 g/mol. The van der Waals surface area contributed by atoms with Crippen molar-refractivity contribution in [3.63, 3.8) is 0 Å². The smallest absolute Gasteiger partial charge is 0.264 e. The summed E-state index contributed by atoms with van der Waals surface area (Å²) in [4.78, 5) is 29.8. The van der Waals surface area contributed by atoms with Crippen molar-refractivity contribution in [3.05, 3.63) is 130 Å². The van der Waals surface area contributed by atoms with Crippen LogP contribution in [0.25, 0.3) is 0 Å². The van der Waals surface area contributed by atoms with Gasteiger partial charge in [-0.2, -0.15) is 0 Å². The lowest BCUT2D eigenvalue weighted by atomic mass is 10.0. The standard InChI is InChI=1S/C36H39ClFN3O4S/c1-5-27(4)39-36(43)34(21-28-9-7-6-8-10-28)40(23-29-14-16-30(38)17-15-29)35(42)24-41(31-18-13-26(3)33(37)22-31)46(44,45)32-19-11-25(2)12-20-32/h6-20,22,27,34H,5,21,23-24H2,1-4H3,(H,39,43)/t27-,34+/m1/s1. The second-order valence-corrected chi connectivity index (χ2v) is 13.7. The molecule has 1 N–H and O–H groups in total. The van der Waals surface area contributed by atoms with Gasteiger partial charge in [0.05, 0.1) is 10.6 Å². The van der Waals surface area contributed by atoms with E-state index >= 15 is 0 Å². The number of sulfonamides is 1. The number of carbonyl (C=O) groups excluding carboxylic acids is 2. The molecule has 0 aliphatic carbocycles. The Morgan fingerprint density at radius 1 is 0.891 bits per heavy atom. The van der Waals surface area contributed by atoms with Gasteiger partial charge in [0.25, 0.3) is 10.0 Å². The van der Waals surface area contributed by atoms with Gasteiger partial charge in [-0.05, 0) is 80.3 Å². The van der Waals surface area contributed by atoms with Crippen molar-refractivity contribution in [1.82, 2.24) is 10.2 Å². The predicted octanol–water partition coefficient (Wildman–Crippen LogP) is 6.85. The third-order valence-electron chi connectivity index (χ3n) is 7.87. The first-order chi connectivity index (χ1) is 21.9. The molecule has 0 radical (unpaired) electrons. The third-order valence-corrected chi connectivity index (χ3v) is 10.1. The largest absolute Gasteiger partial charge is 0.352 e. The van der Waals surface area contributed by atoms with Crippen LogP contribution in [0.3, 0.4) is 0 Å². The van der Waals surface area contributed by atoms with Crippen LogP contribution in [0.1, 0.15) is 42.5 Å². The van der Waals surface area contributed by atoms with Crippen molar-refractivity contribution in [1.29, 1.82) is 0 Å². The summed E-state index contributed by atoms with van der Waals surface area (Å²) in [6.45, 7) is 6.79. The van der Waals surface area contributed by atoms with E-state index in [9.17, 15) is 22.4 Å². The molecule has 4 aromatic rings. The zero-order valence-corrected chi connectivity index (χ0v) is 28.0. The number of nitrogens with zero attached hydrogens (tertiary/aromatic N) is 2. The van der Waals surface area contributed by atoms with Crippen LogP contribution in [0.2, 0.25) is 5.02 Å². The van der Waals surface area contributed by atoms with Crippen LogP contribution in [0.4, 0.5) is 10.1 Å². The number of hydrogen-bond donors (Lipinski definition) is 1. The summed E-state index contributed by atoms with van der Waals surface area (Å²) in [5.41, 5.74) is 3.22. The Bertz CT molecular complexity index is 1750. The highest BCUT2D eigenvalue weighted by molar-refractivity contribution is 7.92. The number of halogens is 2. The Morgan fingerprint density at radius 3 is 2.15 bits per heavy atom. The van der Waals surface area contributed by atoms with Crippen LogP contribution in [0.15, 0.2) is 102 Å². The molecule has 7 nitrogen and oxygen atoms in total. The topological polar surface area (TPSA) is 86.8 Å². The molecule has 4 rings (SSSR count). The SMILES string of the molecule is CC[C@@H](C)NC(=O)[C@H](Cc1ccccc1)N(Cc1ccc(F)cc1)C(=O)CN(c1ccc(C)c(Cl)c1)S(=O)(=O)c1ccc(C)cc1. The summed E-state index contributed by atoms with van der Waals surface area (Å²) < 4.78 is 43.2. The zero-order valence-electron chi connectivity index (χ0n) is 26.4. The molecule has 0 heterocycles. The first-order valence-electron chi connectivity index (χ1n) is 15.1. The molecule has 0 unspecified atom stereocenters. The minimum atomic E-state index is -4.26. The van der Waals surface area contributed by atoms with E-state index in [2.05, 4.69) is 5.32 Å². The Hall–Kier alpha value is -4.21. The molecule has 2 amide bonds. The number of rotatable bonds is 13. The van der Waals surface area contributed by atoms with E-state index in [1.54, 1.807) is 43.3 Å². The fraction of sp³-hybridized carbons (Fsp3) is 0.278. The first kappa shape index (κ1) is 34.7. The van der Waals surface area contributed by atoms with Crippen molar-refractivity contribution in [2.24, 2.45) is 0 Å². The van der Waals surface area contributed by atoms with E-state index < -0.39 is 34.3 Å². The molecule has 0 aliphatic heterocycles. The number of hydrogen-bond acceptors (Lipinski definition) is 4. The fourth-order valence-electron chi connectivity index (χ4n) is 4.88. The minimum Gasteiger partial charge on any atom is -0.352 e. The summed E-state index contributed by atoms with van der Waals surface area (Å²) in [6.07, 6.45) is 0.851. The highest BCUT2D eigenvalue weighted by Gasteiger charge is 2.35. The highest BCUT2D eigenvalue weighted by atomic mass is 35.5. The number of nitrogens with one attached hydrogen (secondary N) is 1. The van der Waals surface area contributed by atoms with Gasteiger partial charge in [-0.1, -0.05) is 84.8 Å². The third kappa shape index (κ3) is 8.73. The van der Waals surface area contributed by atoms with E-state index in [4.69, 9.17) is 11.6 Å². The van der Waals surface area contributed by atoms with Crippen molar-refractivity contribution in [2.45, 2.75) is 64.1 Å². The lowest BCUT2D eigenvalue weighted by molar-refractivity contribution is -0.140. The van der Waals surface area contributed by atoms with Crippen LogP contribution in [0, 0.1) is 19.7 Å². The van der Waals surface area contributed by atoms with Gasteiger partial charge in [-0.25, -0.2) is 12.8 Å². The summed E-state index contributed by atoms with van der Waals surface area (Å²) in [6, 6.07) is 24.9. The monoisotopic (exact) mass is 663 g/mol. The Balaban J connectivity index is 1.82. The maximum atomic E-state index is 14.5. The predicted molar refractivity (Wildman–Crippen MR) is 181 cm³/mol. The maximum Gasteiger partial charge on any atom is 0.264 e. The molecule has 46 heavy (non-hydrogen) atoms. The second-order valence-electron chi connectivity index (χ2n) is 11.4. The average Bonchev–Trinajstić information content (AvgIpc) is 3.04. The van der Waals surface area contributed by atoms with Gasteiger partial charge >= 0.3 is 0 Å². The van der Waals surface area contributed by atoms with Crippen molar-refractivity contribution in [2.75, 3.05) is 10.8 Å². The normalized spacial score (nSPS) is 12.7. The van der Waals surface area contributed by atoms with Crippen LogP contribution in [-0.4, -0.2) is 43.8 Å². The van der Waals surface area contributed by atoms with Gasteiger partial charge in [0.1, 0.15) is 18.4 Å². The van der Waals surface area contributed by atoms with Crippen LogP contribution >= 0.6 is 11.6 Å². The van der Waals surface area contributed by atoms with E-state index in [1.165, 1.54) is 35.2 Å². The molecule has 0 bridgehead atoms. The minimum absolute atomic E-state index is 0.00281. The van der Waals surface area contributed by atoms with Gasteiger partial charge in [0.2, 0.25) is 11.8 Å². The molecule has 10 heteroatoms. The highest BCUT2D eigenvalue weighted by Crippen LogP contribution is 2.29. The zero-order chi connectivity index (χ0) is 33.4. The molecular formula is C36H39ClFN3O4S. The van der Waals surface area contributed by atoms with Gasteiger partial charge in [0, 0.05) is 24.0 Å². The van der Waals surface area contributed by atoms with E-state index in [-0.39, 0.29) is 35.5 Å². The number of carbonyl (C=O) groups is 2. The number of aryl methyl sites for hydroxylation is 2. The molecule has 0 saturated carbocycles. The summed E-state index contributed by atoms with van der Waals surface area (Å²) in [5, 5.41) is 3.34. The van der Waals surface area contributed by atoms with Crippen molar-refractivity contribution < 1.29 is 22.4 Å². The van der Waals surface area contributed by atoms with E-state index in [0.29, 0.717) is 17.0 Å². The molecule has 0 spiro atoms. The molecule has 242 valence electrons. The van der Waals surface area contributed by atoms with Crippen LogP contribution in [-0.2, 0) is 32.6 Å². The molecular weight excluding hydrogens is 625 g/mol.